The average Bonchev–Trinajstić information content (AvgIpc) is 2.52. The van der Waals surface area contributed by atoms with Crippen molar-refractivity contribution in [1.82, 2.24) is 10.6 Å². The van der Waals surface area contributed by atoms with Gasteiger partial charge < -0.3 is 10.6 Å². The second-order valence-corrected chi connectivity index (χ2v) is 6.53. The summed E-state index contributed by atoms with van der Waals surface area (Å²) in [6.07, 6.45) is 1.18. The highest BCUT2D eigenvalue weighted by Gasteiger charge is 2.02. The van der Waals surface area contributed by atoms with Crippen LogP contribution < -0.4 is 10.6 Å². The first kappa shape index (κ1) is 13.6. The molecule has 0 radical (unpaired) electrons. The molecule has 5 heteroatoms. The van der Waals surface area contributed by atoms with Crippen LogP contribution in [0.4, 0.5) is 0 Å². The SMILES string of the molecule is CCNCCCNCc1cc(Br)c(Br)s1. The van der Waals surface area contributed by atoms with Crippen LogP contribution in [-0.2, 0) is 6.54 Å². The van der Waals surface area contributed by atoms with E-state index in [2.05, 4.69) is 55.5 Å². The molecule has 0 fully saturated rings. The van der Waals surface area contributed by atoms with Crippen molar-refractivity contribution in [3.05, 3.63) is 19.2 Å². The third-order valence-electron chi connectivity index (χ3n) is 1.95. The van der Waals surface area contributed by atoms with Crippen LogP contribution in [0.25, 0.3) is 0 Å². The molecule has 0 aromatic carbocycles. The molecule has 0 aliphatic carbocycles. The topological polar surface area (TPSA) is 24.1 Å². The maximum absolute atomic E-state index is 3.49. The van der Waals surface area contributed by atoms with Crippen molar-refractivity contribution in [1.29, 1.82) is 0 Å². The highest BCUT2D eigenvalue weighted by atomic mass is 79.9. The Labute approximate surface area is 112 Å². The fraction of sp³-hybridized carbons (Fsp3) is 0.600. The van der Waals surface area contributed by atoms with Gasteiger partial charge in [-0.3, -0.25) is 0 Å². The smallest absolute Gasteiger partial charge is 0.0843 e. The highest BCUT2D eigenvalue weighted by Crippen LogP contribution is 2.32. The number of hydrogen-bond donors (Lipinski definition) is 2. The molecule has 0 amide bonds. The molecule has 0 aliphatic rings. The van der Waals surface area contributed by atoms with Gasteiger partial charge in [0.1, 0.15) is 0 Å². The summed E-state index contributed by atoms with van der Waals surface area (Å²) in [5, 5.41) is 6.74. The molecule has 1 rings (SSSR count). The van der Waals surface area contributed by atoms with Crippen molar-refractivity contribution in [2.45, 2.75) is 19.9 Å². The van der Waals surface area contributed by atoms with Crippen molar-refractivity contribution < 1.29 is 0 Å². The Kier molecular flexibility index (Phi) is 7.08. The van der Waals surface area contributed by atoms with Crippen molar-refractivity contribution in [2.24, 2.45) is 0 Å². The molecule has 2 N–H and O–H groups in total. The van der Waals surface area contributed by atoms with E-state index < -0.39 is 0 Å². The summed E-state index contributed by atoms with van der Waals surface area (Å²) in [5.41, 5.74) is 0. The lowest BCUT2D eigenvalue weighted by atomic mass is 10.4. The molecule has 0 unspecified atom stereocenters. The van der Waals surface area contributed by atoms with Crippen molar-refractivity contribution >= 4 is 43.2 Å². The van der Waals surface area contributed by atoms with E-state index in [0.29, 0.717) is 0 Å². The van der Waals surface area contributed by atoms with Crippen LogP contribution in [0.5, 0.6) is 0 Å². The van der Waals surface area contributed by atoms with Gasteiger partial charge in [-0.15, -0.1) is 11.3 Å². The van der Waals surface area contributed by atoms with Gasteiger partial charge in [-0.25, -0.2) is 0 Å². The maximum atomic E-state index is 3.49. The quantitative estimate of drug-likeness (QED) is 0.733. The maximum Gasteiger partial charge on any atom is 0.0843 e. The van der Waals surface area contributed by atoms with E-state index in [1.165, 1.54) is 15.1 Å². The molecule has 1 aromatic heterocycles. The third-order valence-corrected chi connectivity index (χ3v) is 5.21. The lowest BCUT2D eigenvalue weighted by Gasteiger charge is -2.03. The van der Waals surface area contributed by atoms with E-state index in [-0.39, 0.29) is 0 Å². The molecule has 2 nitrogen and oxygen atoms in total. The van der Waals surface area contributed by atoms with E-state index in [1.54, 1.807) is 11.3 Å². The Bertz CT molecular complexity index is 269. The lowest BCUT2D eigenvalue weighted by molar-refractivity contribution is 0.609. The molecular formula is C10H16Br2N2S. The van der Waals surface area contributed by atoms with Gasteiger partial charge in [0.2, 0.25) is 0 Å². The van der Waals surface area contributed by atoms with E-state index in [4.69, 9.17) is 0 Å². The minimum absolute atomic E-state index is 0.959. The van der Waals surface area contributed by atoms with E-state index >= 15 is 0 Å². The average molecular weight is 356 g/mol. The Morgan fingerprint density at radius 2 is 2.00 bits per heavy atom. The fourth-order valence-corrected chi connectivity index (χ4v) is 3.35. The van der Waals surface area contributed by atoms with Crippen LogP contribution in [0.1, 0.15) is 18.2 Å². The predicted octanol–water partition coefficient (Wildman–Crippen LogP) is 3.36. The normalized spacial score (nSPS) is 10.9. The Hall–Kier alpha value is 0.580. The van der Waals surface area contributed by atoms with Crippen LogP contribution in [0.15, 0.2) is 14.3 Å². The summed E-state index contributed by atoms with van der Waals surface area (Å²) >= 11 is 8.75. The summed E-state index contributed by atoms with van der Waals surface area (Å²) < 4.78 is 2.32. The van der Waals surface area contributed by atoms with E-state index in [1.807, 2.05) is 0 Å². The predicted molar refractivity (Wildman–Crippen MR) is 74.6 cm³/mol. The first-order chi connectivity index (χ1) is 7.24. The zero-order valence-electron chi connectivity index (χ0n) is 8.78. The molecule has 86 valence electrons. The third kappa shape index (κ3) is 5.45. The highest BCUT2D eigenvalue weighted by molar-refractivity contribution is 9.13. The molecular weight excluding hydrogens is 340 g/mol. The molecule has 1 heterocycles. The molecule has 0 spiro atoms. The van der Waals surface area contributed by atoms with Crippen LogP contribution >= 0.6 is 43.2 Å². The second kappa shape index (κ2) is 7.79. The molecule has 0 atom stereocenters. The van der Waals surface area contributed by atoms with Gasteiger partial charge in [-0.05, 0) is 64.0 Å². The lowest BCUT2D eigenvalue weighted by Crippen LogP contribution is -2.21. The molecule has 0 bridgehead atoms. The van der Waals surface area contributed by atoms with Crippen molar-refractivity contribution in [3.63, 3.8) is 0 Å². The molecule has 0 saturated carbocycles. The summed E-state index contributed by atoms with van der Waals surface area (Å²) in [7, 11) is 0. The summed E-state index contributed by atoms with van der Waals surface area (Å²) in [4.78, 5) is 1.36. The summed E-state index contributed by atoms with van der Waals surface area (Å²) in [5.74, 6) is 0. The van der Waals surface area contributed by atoms with Gasteiger partial charge in [-0.2, -0.15) is 0 Å². The standard InChI is InChI=1S/C10H16Br2N2S/c1-2-13-4-3-5-14-7-8-6-9(11)10(12)15-8/h6,13-14H,2-5,7H2,1H3. The number of thiophene rings is 1. The second-order valence-electron chi connectivity index (χ2n) is 3.22. The van der Waals surface area contributed by atoms with Crippen LogP contribution in [0.2, 0.25) is 0 Å². The monoisotopic (exact) mass is 354 g/mol. The first-order valence-electron chi connectivity index (χ1n) is 5.09. The summed E-state index contributed by atoms with van der Waals surface area (Å²) in [6, 6.07) is 2.16. The van der Waals surface area contributed by atoms with E-state index in [9.17, 15) is 0 Å². The number of nitrogens with one attached hydrogen (secondary N) is 2. The van der Waals surface area contributed by atoms with Gasteiger partial charge in [0.05, 0.1) is 3.79 Å². The molecule has 0 aliphatic heterocycles. The zero-order valence-corrected chi connectivity index (χ0v) is 12.8. The Morgan fingerprint density at radius 3 is 2.60 bits per heavy atom. The van der Waals surface area contributed by atoms with Crippen LogP contribution in [-0.4, -0.2) is 19.6 Å². The number of hydrogen-bond acceptors (Lipinski definition) is 3. The summed E-state index contributed by atoms with van der Waals surface area (Å²) in [6.45, 7) is 6.32. The van der Waals surface area contributed by atoms with Crippen LogP contribution in [0, 0.1) is 0 Å². The molecule has 15 heavy (non-hydrogen) atoms. The first-order valence-corrected chi connectivity index (χ1v) is 7.49. The molecule has 0 saturated heterocycles. The van der Waals surface area contributed by atoms with Gasteiger partial charge >= 0.3 is 0 Å². The largest absolute Gasteiger partial charge is 0.317 e. The fourth-order valence-electron chi connectivity index (χ4n) is 1.21. The van der Waals surface area contributed by atoms with Crippen LogP contribution in [0.3, 0.4) is 0 Å². The van der Waals surface area contributed by atoms with Gasteiger partial charge in [-0.1, -0.05) is 6.92 Å². The molecule has 1 aromatic rings. The number of halogens is 2. The van der Waals surface area contributed by atoms with Gasteiger partial charge in [0, 0.05) is 15.9 Å². The Balaban J connectivity index is 2.10. The van der Waals surface area contributed by atoms with Crippen molar-refractivity contribution in [3.8, 4) is 0 Å². The minimum atomic E-state index is 0.959. The van der Waals surface area contributed by atoms with Gasteiger partial charge in [0.25, 0.3) is 0 Å². The van der Waals surface area contributed by atoms with Gasteiger partial charge in [0.15, 0.2) is 0 Å². The minimum Gasteiger partial charge on any atom is -0.317 e. The zero-order chi connectivity index (χ0) is 11.1. The van der Waals surface area contributed by atoms with E-state index in [0.717, 1.165) is 30.7 Å². The Morgan fingerprint density at radius 1 is 1.27 bits per heavy atom. The van der Waals surface area contributed by atoms with Crippen molar-refractivity contribution in [2.75, 3.05) is 19.6 Å². The number of rotatable bonds is 7.